The summed E-state index contributed by atoms with van der Waals surface area (Å²) >= 11 is 6.01. The van der Waals surface area contributed by atoms with Crippen molar-refractivity contribution in [1.82, 2.24) is 10.2 Å². The SMILES string of the molecule is O=C(c1cccc(Cl)c1)N(Cc1c([O-])on[n+]1-c1ccccc1)C1CC1. The predicted molar refractivity (Wildman–Crippen MR) is 91.8 cm³/mol. The lowest BCUT2D eigenvalue weighted by Gasteiger charge is -2.21. The number of carbonyl (C=O) groups is 1. The number of amides is 1. The topological polar surface area (TPSA) is 73.3 Å². The van der Waals surface area contributed by atoms with Gasteiger partial charge >= 0.3 is 0 Å². The first kappa shape index (κ1) is 16.6. The first-order valence-corrected chi connectivity index (χ1v) is 8.71. The first-order chi connectivity index (χ1) is 12.6. The van der Waals surface area contributed by atoms with Crippen LogP contribution in [0.3, 0.4) is 0 Å². The zero-order valence-electron chi connectivity index (χ0n) is 13.8. The molecule has 1 amide bonds. The van der Waals surface area contributed by atoms with Crippen LogP contribution in [0.2, 0.25) is 5.02 Å². The highest BCUT2D eigenvalue weighted by atomic mass is 35.5. The van der Waals surface area contributed by atoms with Gasteiger partial charge in [-0.2, -0.15) is 0 Å². The van der Waals surface area contributed by atoms with Crippen molar-refractivity contribution in [2.24, 2.45) is 0 Å². The molecule has 3 aromatic rings. The molecule has 26 heavy (non-hydrogen) atoms. The third-order valence-corrected chi connectivity index (χ3v) is 4.57. The summed E-state index contributed by atoms with van der Waals surface area (Å²) in [6, 6.07) is 16.2. The van der Waals surface area contributed by atoms with Crippen LogP contribution >= 0.6 is 11.6 Å². The van der Waals surface area contributed by atoms with Gasteiger partial charge in [-0.05, 0) is 35.7 Å². The number of aromatic nitrogens is 2. The molecule has 0 bridgehead atoms. The minimum atomic E-state index is -0.543. The lowest BCUT2D eigenvalue weighted by atomic mass is 10.2. The molecule has 0 N–H and O–H groups in total. The number of nitrogens with zero attached hydrogens (tertiary/aromatic N) is 3. The van der Waals surface area contributed by atoms with Crippen LogP contribution in [0.5, 0.6) is 5.95 Å². The van der Waals surface area contributed by atoms with E-state index in [1.807, 2.05) is 30.3 Å². The normalized spacial score (nSPS) is 13.6. The number of hydrogen-bond acceptors (Lipinski definition) is 4. The van der Waals surface area contributed by atoms with Crippen LogP contribution in [0, 0.1) is 0 Å². The van der Waals surface area contributed by atoms with Crippen molar-refractivity contribution in [2.75, 3.05) is 0 Å². The molecular formula is C19H16ClN3O3. The second-order valence-corrected chi connectivity index (χ2v) is 6.67. The Kier molecular flexibility index (Phi) is 4.34. The third-order valence-electron chi connectivity index (χ3n) is 4.34. The minimum absolute atomic E-state index is 0.111. The molecule has 0 radical (unpaired) electrons. The van der Waals surface area contributed by atoms with E-state index < -0.39 is 5.95 Å². The predicted octanol–water partition coefficient (Wildman–Crippen LogP) is 2.48. The Morgan fingerprint density at radius 1 is 1.23 bits per heavy atom. The van der Waals surface area contributed by atoms with E-state index in [1.165, 1.54) is 4.68 Å². The molecule has 4 rings (SSSR count). The summed E-state index contributed by atoms with van der Waals surface area (Å²) in [5.74, 6) is -0.700. The zero-order valence-corrected chi connectivity index (χ0v) is 14.6. The third kappa shape index (κ3) is 3.28. The van der Waals surface area contributed by atoms with Gasteiger partial charge in [0.2, 0.25) is 5.69 Å². The van der Waals surface area contributed by atoms with E-state index in [4.69, 9.17) is 16.1 Å². The van der Waals surface area contributed by atoms with Crippen molar-refractivity contribution in [3.63, 3.8) is 0 Å². The lowest BCUT2D eigenvalue weighted by molar-refractivity contribution is -0.678. The monoisotopic (exact) mass is 369 g/mol. The maximum Gasteiger partial charge on any atom is 0.259 e. The number of halogens is 1. The van der Waals surface area contributed by atoms with E-state index in [2.05, 4.69) is 5.27 Å². The molecule has 1 saturated carbocycles. The molecule has 132 valence electrons. The fourth-order valence-corrected chi connectivity index (χ4v) is 3.06. The van der Waals surface area contributed by atoms with Crippen LogP contribution in [0.1, 0.15) is 28.9 Å². The molecule has 1 aromatic heterocycles. The van der Waals surface area contributed by atoms with E-state index in [0.29, 0.717) is 22.0 Å². The second kappa shape index (κ2) is 6.80. The van der Waals surface area contributed by atoms with Gasteiger partial charge in [0.1, 0.15) is 6.54 Å². The second-order valence-electron chi connectivity index (χ2n) is 6.23. The molecule has 0 aliphatic heterocycles. The van der Waals surface area contributed by atoms with Crippen molar-refractivity contribution in [3.8, 4) is 11.6 Å². The Hall–Kier alpha value is -2.86. The van der Waals surface area contributed by atoms with Gasteiger partial charge in [0.05, 0.1) is 5.27 Å². The Balaban J connectivity index is 1.66. The molecule has 1 aliphatic rings. The summed E-state index contributed by atoms with van der Waals surface area (Å²) in [4.78, 5) is 14.7. The van der Waals surface area contributed by atoms with Crippen LogP contribution in [0.4, 0.5) is 0 Å². The average molecular weight is 370 g/mol. The zero-order chi connectivity index (χ0) is 18.1. The smallest absolute Gasteiger partial charge is 0.259 e. The molecular weight excluding hydrogens is 354 g/mol. The van der Waals surface area contributed by atoms with E-state index in [-0.39, 0.29) is 18.5 Å². The molecule has 0 spiro atoms. The summed E-state index contributed by atoms with van der Waals surface area (Å²) in [7, 11) is 0. The standard InChI is InChI=1S/C19H16ClN3O3/c20-14-6-4-5-13(11-14)18(24)22(15-9-10-15)12-17-19(25)26-21-23(17)16-7-2-1-3-8-16/h1-8,11,15H,9-10,12H2. The maximum absolute atomic E-state index is 13.0. The van der Waals surface area contributed by atoms with Crippen molar-refractivity contribution in [3.05, 3.63) is 70.9 Å². The van der Waals surface area contributed by atoms with E-state index in [9.17, 15) is 9.90 Å². The Morgan fingerprint density at radius 3 is 2.69 bits per heavy atom. The number of benzene rings is 2. The highest BCUT2D eigenvalue weighted by Crippen LogP contribution is 2.31. The molecule has 0 saturated heterocycles. The fourth-order valence-electron chi connectivity index (χ4n) is 2.87. The van der Waals surface area contributed by atoms with Gasteiger partial charge in [0.15, 0.2) is 5.95 Å². The van der Waals surface area contributed by atoms with Gasteiger partial charge in [0.25, 0.3) is 11.6 Å². The number of para-hydroxylation sites is 1. The highest BCUT2D eigenvalue weighted by molar-refractivity contribution is 6.30. The Labute approximate surface area is 155 Å². The van der Waals surface area contributed by atoms with E-state index in [0.717, 1.165) is 12.8 Å². The van der Waals surface area contributed by atoms with E-state index in [1.54, 1.807) is 29.2 Å². The molecule has 1 fully saturated rings. The molecule has 0 unspecified atom stereocenters. The van der Waals surface area contributed by atoms with Gasteiger partial charge in [0, 0.05) is 28.8 Å². The molecule has 1 heterocycles. The van der Waals surface area contributed by atoms with Gasteiger partial charge < -0.3 is 14.5 Å². The molecule has 0 atom stereocenters. The van der Waals surface area contributed by atoms with Gasteiger partial charge in [-0.1, -0.05) is 35.9 Å². The van der Waals surface area contributed by atoms with Crippen molar-refractivity contribution in [1.29, 1.82) is 0 Å². The Bertz CT molecular complexity index is 938. The maximum atomic E-state index is 13.0. The summed E-state index contributed by atoms with van der Waals surface area (Å²) in [5.41, 5.74) is 1.53. The molecule has 1 aliphatic carbocycles. The highest BCUT2D eigenvalue weighted by Gasteiger charge is 2.36. The summed E-state index contributed by atoms with van der Waals surface area (Å²) < 4.78 is 6.30. The van der Waals surface area contributed by atoms with Crippen LogP contribution in [-0.4, -0.2) is 22.1 Å². The number of rotatable bonds is 5. The molecule has 2 aromatic carbocycles. The van der Waals surface area contributed by atoms with Gasteiger partial charge in [-0.3, -0.25) is 4.79 Å². The summed E-state index contributed by atoms with van der Waals surface area (Å²) in [6.07, 6.45) is 1.83. The Morgan fingerprint density at radius 2 is 2.00 bits per heavy atom. The van der Waals surface area contributed by atoms with Crippen LogP contribution < -0.4 is 9.79 Å². The van der Waals surface area contributed by atoms with Crippen molar-refractivity contribution >= 4 is 17.5 Å². The summed E-state index contributed by atoms with van der Waals surface area (Å²) in [5, 5.41) is 16.5. The van der Waals surface area contributed by atoms with Crippen molar-refractivity contribution < 1.29 is 19.1 Å². The van der Waals surface area contributed by atoms with Crippen LogP contribution in [0.15, 0.2) is 59.1 Å². The first-order valence-electron chi connectivity index (χ1n) is 8.33. The average Bonchev–Trinajstić information content (AvgIpc) is 3.43. The minimum Gasteiger partial charge on any atom is -0.539 e. The molecule has 6 nitrogen and oxygen atoms in total. The van der Waals surface area contributed by atoms with Crippen LogP contribution in [0.25, 0.3) is 5.69 Å². The number of hydrogen-bond donors (Lipinski definition) is 0. The van der Waals surface area contributed by atoms with Gasteiger partial charge in [-0.15, -0.1) is 0 Å². The largest absolute Gasteiger partial charge is 0.539 e. The molecule has 7 heteroatoms. The van der Waals surface area contributed by atoms with Crippen molar-refractivity contribution in [2.45, 2.75) is 25.4 Å². The quantitative estimate of drug-likeness (QED) is 0.648. The fraction of sp³-hybridized carbons (Fsp3) is 0.211. The van der Waals surface area contributed by atoms with Crippen LogP contribution in [-0.2, 0) is 6.54 Å². The number of carbonyl (C=O) groups excluding carboxylic acids is 1. The van der Waals surface area contributed by atoms with Gasteiger partial charge in [-0.25, -0.2) is 0 Å². The summed E-state index contributed by atoms with van der Waals surface area (Å²) in [6.45, 7) is 0.132. The van der Waals surface area contributed by atoms with E-state index >= 15 is 0 Å². The lowest BCUT2D eigenvalue weighted by Crippen LogP contribution is -2.42.